The molecule has 0 heterocycles. The van der Waals surface area contributed by atoms with E-state index in [4.69, 9.17) is 22.3 Å². The molecule has 7 nitrogen and oxygen atoms in total. The lowest BCUT2D eigenvalue weighted by atomic mass is 10.2. The van der Waals surface area contributed by atoms with Crippen LogP contribution in [0.4, 0.5) is 16.2 Å². The Kier molecular flexibility index (Phi) is 7.40. The van der Waals surface area contributed by atoms with Crippen LogP contribution in [0.2, 0.25) is 0 Å². The number of hydrogen-bond acceptors (Lipinski definition) is 3. The Hall–Kier alpha value is -2.10. The Bertz CT molecular complexity index is 775. The van der Waals surface area contributed by atoms with Gasteiger partial charge in [-0.1, -0.05) is 31.9 Å². The van der Waals surface area contributed by atoms with Gasteiger partial charge in [0.25, 0.3) is 0 Å². The molecule has 0 bridgehead atoms. The first-order chi connectivity index (χ1) is 11.2. The molecule has 0 radical (unpaired) electrons. The standard InChI is InChI=1S/C15H14Br2N6O.ClH/c16-9-1-7(13(18)19)3-11(5-9)22-15(24)23-12-4-8(14(20)21)2-10(17)6-12;/h1-6H,(H3,18,19)(H3,20,21)(H2,22,23,24);1H. The Balaban J connectivity index is 0.00000312. The maximum Gasteiger partial charge on any atom is 0.323 e. The van der Waals surface area contributed by atoms with Crippen molar-refractivity contribution in [1.29, 1.82) is 10.8 Å². The minimum atomic E-state index is -0.477. The molecule has 2 aromatic rings. The van der Waals surface area contributed by atoms with Crippen LogP contribution in [0.25, 0.3) is 0 Å². The van der Waals surface area contributed by atoms with Crippen LogP contribution in [0.3, 0.4) is 0 Å². The van der Waals surface area contributed by atoms with E-state index in [2.05, 4.69) is 42.5 Å². The monoisotopic (exact) mass is 488 g/mol. The summed E-state index contributed by atoms with van der Waals surface area (Å²) >= 11 is 6.61. The fourth-order valence-electron chi connectivity index (χ4n) is 1.93. The second kappa shape index (κ2) is 8.84. The van der Waals surface area contributed by atoms with E-state index in [0.29, 0.717) is 31.4 Å². The van der Waals surface area contributed by atoms with Crippen LogP contribution in [0.5, 0.6) is 0 Å². The lowest BCUT2D eigenvalue weighted by Crippen LogP contribution is -2.20. The first-order valence-electron chi connectivity index (χ1n) is 6.62. The van der Waals surface area contributed by atoms with Gasteiger partial charge in [-0.15, -0.1) is 12.4 Å². The number of nitrogens with two attached hydrogens (primary N) is 2. The zero-order valence-electron chi connectivity index (χ0n) is 12.7. The van der Waals surface area contributed by atoms with Gasteiger partial charge in [0.05, 0.1) is 0 Å². The maximum absolute atomic E-state index is 12.1. The number of nitrogen functional groups attached to an aromatic ring is 2. The van der Waals surface area contributed by atoms with Crippen molar-refractivity contribution in [2.24, 2.45) is 11.5 Å². The van der Waals surface area contributed by atoms with Gasteiger partial charge >= 0.3 is 6.03 Å². The molecular weight excluding hydrogens is 475 g/mol. The van der Waals surface area contributed by atoms with E-state index in [1.165, 1.54) is 0 Å². The predicted octanol–water partition coefficient (Wildman–Crippen LogP) is 3.85. The van der Waals surface area contributed by atoms with Crippen molar-refractivity contribution in [2.75, 3.05) is 10.6 Å². The number of rotatable bonds is 4. The summed E-state index contributed by atoms with van der Waals surface area (Å²) in [6.45, 7) is 0. The molecule has 0 aliphatic heterocycles. The van der Waals surface area contributed by atoms with Crippen molar-refractivity contribution in [1.82, 2.24) is 0 Å². The van der Waals surface area contributed by atoms with Crippen molar-refractivity contribution >= 4 is 73.3 Å². The van der Waals surface area contributed by atoms with Gasteiger partial charge in [0.1, 0.15) is 11.7 Å². The average Bonchev–Trinajstić information content (AvgIpc) is 2.45. The molecule has 10 heteroatoms. The van der Waals surface area contributed by atoms with Gasteiger partial charge in [-0.3, -0.25) is 10.8 Å². The highest BCUT2D eigenvalue weighted by Crippen LogP contribution is 2.21. The van der Waals surface area contributed by atoms with Crippen molar-refractivity contribution < 1.29 is 4.79 Å². The van der Waals surface area contributed by atoms with Gasteiger partial charge in [0.2, 0.25) is 0 Å². The largest absolute Gasteiger partial charge is 0.384 e. The quantitative estimate of drug-likeness (QED) is 0.286. The predicted molar refractivity (Wildman–Crippen MR) is 110 cm³/mol. The summed E-state index contributed by atoms with van der Waals surface area (Å²) < 4.78 is 1.37. The summed E-state index contributed by atoms with van der Waals surface area (Å²) in [5.74, 6) is -0.198. The Labute approximate surface area is 167 Å². The fourth-order valence-corrected chi connectivity index (χ4v) is 2.91. The number of anilines is 2. The number of amidine groups is 2. The van der Waals surface area contributed by atoms with Gasteiger partial charge in [0.15, 0.2) is 0 Å². The SMILES string of the molecule is Cl.N=C(N)c1cc(Br)cc(NC(=O)Nc2cc(Br)cc(C(=N)N)c2)c1. The van der Waals surface area contributed by atoms with E-state index in [-0.39, 0.29) is 24.1 Å². The molecular formula is C15H15Br2ClN6O. The van der Waals surface area contributed by atoms with E-state index >= 15 is 0 Å². The topological polar surface area (TPSA) is 141 Å². The summed E-state index contributed by atoms with van der Waals surface area (Å²) in [5.41, 5.74) is 12.9. The lowest BCUT2D eigenvalue weighted by molar-refractivity contribution is 0.262. The van der Waals surface area contributed by atoms with Crippen LogP contribution in [0.1, 0.15) is 11.1 Å². The number of amides is 2. The third kappa shape index (κ3) is 6.04. The van der Waals surface area contributed by atoms with Gasteiger partial charge in [0, 0.05) is 31.4 Å². The molecule has 0 atom stereocenters. The molecule has 0 fully saturated rings. The fraction of sp³-hybridized carbons (Fsp3) is 0. The summed E-state index contributed by atoms with van der Waals surface area (Å²) in [7, 11) is 0. The highest BCUT2D eigenvalue weighted by Gasteiger charge is 2.08. The maximum atomic E-state index is 12.1. The van der Waals surface area contributed by atoms with Crippen molar-refractivity contribution in [3.05, 3.63) is 56.5 Å². The van der Waals surface area contributed by atoms with Crippen molar-refractivity contribution in [3.8, 4) is 0 Å². The Morgan fingerprint density at radius 1 is 0.800 bits per heavy atom. The van der Waals surface area contributed by atoms with Gasteiger partial charge in [-0.05, 0) is 36.4 Å². The van der Waals surface area contributed by atoms with Crippen LogP contribution >= 0.6 is 44.3 Å². The molecule has 25 heavy (non-hydrogen) atoms. The van der Waals surface area contributed by atoms with Crippen LogP contribution in [0.15, 0.2) is 45.3 Å². The summed E-state index contributed by atoms with van der Waals surface area (Å²) in [6, 6.07) is 9.44. The summed E-state index contributed by atoms with van der Waals surface area (Å²) in [6.07, 6.45) is 0. The molecule has 0 saturated heterocycles. The number of hydrogen-bond donors (Lipinski definition) is 6. The molecule has 0 saturated carbocycles. The first-order valence-corrected chi connectivity index (χ1v) is 8.21. The van der Waals surface area contributed by atoms with Crippen molar-refractivity contribution in [3.63, 3.8) is 0 Å². The van der Waals surface area contributed by atoms with E-state index in [1.54, 1.807) is 36.4 Å². The molecule has 2 rings (SSSR count). The zero-order chi connectivity index (χ0) is 17.9. The third-order valence-electron chi connectivity index (χ3n) is 2.93. The number of carbonyl (C=O) groups excluding carboxylic acids is 1. The molecule has 0 unspecified atom stereocenters. The minimum Gasteiger partial charge on any atom is -0.384 e. The molecule has 8 N–H and O–H groups in total. The molecule has 0 aliphatic rings. The molecule has 0 aliphatic carbocycles. The minimum absolute atomic E-state index is 0. The number of halogens is 3. The normalized spacial score (nSPS) is 9.68. The second-order valence-electron chi connectivity index (χ2n) is 4.86. The van der Waals surface area contributed by atoms with Crippen LogP contribution in [-0.2, 0) is 0 Å². The Morgan fingerprint density at radius 3 is 1.48 bits per heavy atom. The van der Waals surface area contributed by atoms with Gasteiger partial charge in [-0.2, -0.15) is 0 Å². The highest BCUT2D eigenvalue weighted by molar-refractivity contribution is 9.10. The molecule has 0 spiro atoms. The van der Waals surface area contributed by atoms with Crippen molar-refractivity contribution in [2.45, 2.75) is 0 Å². The molecule has 132 valence electrons. The van der Waals surface area contributed by atoms with E-state index in [0.717, 1.165) is 0 Å². The highest BCUT2D eigenvalue weighted by atomic mass is 79.9. The first kappa shape index (κ1) is 20.9. The van der Waals surface area contributed by atoms with Crippen LogP contribution in [-0.4, -0.2) is 17.7 Å². The number of nitrogens with one attached hydrogen (secondary N) is 4. The van der Waals surface area contributed by atoms with E-state index < -0.39 is 6.03 Å². The lowest BCUT2D eigenvalue weighted by Gasteiger charge is -2.11. The van der Waals surface area contributed by atoms with E-state index in [1.807, 2.05) is 0 Å². The molecule has 2 aromatic carbocycles. The Morgan fingerprint density at radius 2 is 1.16 bits per heavy atom. The van der Waals surface area contributed by atoms with Gasteiger partial charge < -0.3 is 22.1 Å². The number of urea groups is 1. The number of benzene rings is 2. The molecule has 2 amide bonds. The van der Waals surface area contributed by atoms with Gasteiger partial charge in [-0.25, -0.2) is 4.79 Å². The third-order valence-corrected chi connectivity index (χ3v) is 3.85. The molecule has 0 aromatic heterocycles. The number of carbonyl (C=O) groups is 1. The summed E-state index contributed by atoms with van der Waals surface area (Å²) in [5, 5.41) is 20.3. The van der Waals surface area contributed by atoms with E-state index in [9.17, 15) is 4.79 Å². The smallest absolute Gasteiger partial charge is 0.323 e. The average molecular weight is 491 g/mol. The summed E-state index contributed by atoms with van der Waals surface area (Å²) in [4.78, 5) is 12.1. The second-order valence-corrected chi connectivity index (χ2v) is 6.69. The van der Waals surface area contributed by atoms with Crippen LogP contribution in [0, 0.1) is 10.8 Å². The zero-order valence-corrected chi connectivity index (χ0v) is 16.7. The van der Waals surface area contributed by atoms with Crippen LogP contribution < -0.4 is 22.1 Å².